The van der Waals surface area contributed by atoms with Crippen molar-refractivity contribution in [1.82, 2.24) is 5.32 Å². The SMILES string of the molecule is CCc1ccc(CNC(=O)C(=O)Nc2cccc(Cl)c2Cl)cc1. The van der Waals surface area contributed by atoms with E-state index in [0.717, 1.165) is 12.0 Å². The second kappa shape index (κ2) is 7.99. The molecule has 0 unspecified atom stereocenters. The number of amides is 2. The fourth-order valence-electron chi connectivity index (χ4n) is 1.93. The maximum Gasteiger partial charge on any atom is 0.313 e. The molecular weight excluding hydrogens is 335 g/mol. The summed E-state index contributed by atoms with van der Waals surface area (Å²) in [5.74, 6) is -1.53. The summed E-state index contributed by atoms with van der Waals surface area (Å²) in [6.07, 6.45) is 0.954. The lowest BCUT2D eigenvalue weighted by atomic mass is 10.1. The van der Waals surface area contributed by atoms with E-state index in [-0.39, 0.29) is 11.6 Å². The Bertz CT molecular complexity index is 715. The highest BCUT2D eigenvalue weighted by molar-refractivity contribution is 6.45. The van der Waals surface area contributed by atoms with Crippen molar-refractivity contribution in [2.24, 2.45) is 0 Å². The summed E-state index contributed by atoms with van der Waals surface area (Å²) >= 11 is 11.8. The molecule has 6 heteroatoms. The maximum atomic E-state index is 11.9. The zero-order valence-electron chi connectivity index (χ0n) is 12.5. The molecule has 120 valence electrons. The Balaban J connectivity index is 1.92. The van der Waals surface area contributed by atoms with E-state index in [9.17, 15) is 9.59 Å². The highest BCUT2D eigenvalue weighted by Gasteiger charge is 2.15. The number of hydrogen-bond donors (Lipinski definition) is 2. The number of halogens is 2. The third kappa shape index (κ3) is 4.71. The molecule has 23 heavy (non-hydrogen) atoms. The lowest BCUT2D eigenvalue weighted by Crippen LogP contribution is -2.35. The van der Waals surface area contributed by atoms with E-state index < -0.39 is 11.8 Å². The third-order valence-corrected chi connectivity index (χ3v) is 4.11. The molecular formula is C17H16Cl2N2O2. The van der Waals surface area contributed by atoms with Crippen molar-refractivity contribution in [1.29, 1.82) is 0 Å². The standard InChI is InChI=1S/C17H16Cl2N2O2/c1-2-11-6-8-12(9-7-11)10-20-16(22)17(23)21-14-5-3-4-13(18)15(14)19/h3-9H,2,10H2,1H3,(H,20,22)(H,21,23). The van der Waals surface area contributed by atoms with Crippen LogP contribution >= 0.6 is 23.2 Å². The van der Waals surface area contributed by atoms with Gasteiger partial charge in [-0.3, -0.25) is 9.59 Å². The van der Waals surface area contributed by atoms with E-state index in [0.29, 0.717) is 10.7 Å². The van der Waals surface area contributed by atoms with E-state index in [1.54, 1.807) is 18.2 Å². The minimum Gasteiger partial charge on any atom is -0.344 e. The zero-order valence-corrected chi connectivity index (χ0v) is 14.0. The molecule has 2 amide bonds. The molecule has 0 heterocycles. The van der Waals surface area contributed by atoms with Crippen LogP contribution in [-0.2, 0) is 22.6 Å². The van der Waals surface area contributed by atoms with Crippen molar-refractivity contribution >= 4 is 40.7 Å². The van der Waals surface area contributed by atoms with Crippen LogP contribution in [0.4, 0.5) is 5.69 Å². The number of carbonyl (C=O) groups is 2. The fourth-order valence-corrected chi connectivity index (χ4v) is 2.28. The third-order valence-electron chi connectivity index (χ3n) is 3.29. The average Bonchev–Trinajstić information content (AvgIpc) is 2.57. The van der Waals surface area contributed by atoms with E-state index in [1.165, 1.54) is 5.56 Å². The van der Waals surface area contributed by atoms with Crippen molar-refractivity contribution in [3.05, 3.63) is 63.6 Å². The molecule has 2 rings (SSSR count). The van der Waals surface area contributed by atoms with Gasteiger partial charge in [0.05, 0.1) is 15.7 Å². The van der Waals surface area contributed by atoms with Gasteiger partial charge in [-0.25, -0.2) is 0 Å². The largest absolute Gasteiger partial charge is 0.344 e. The van der Waals surface area contributed by atoms with Crippen LogP contribution in [0.15, 0.2) is 42.5 Å². The summed E-state index contributed by atoms with van der Waals surface area (Å²) in [5.41, 5.74) is 2.43. The first-order valence-corrected chi connectivity index (χ1v) is 7.88. The van der Waals surface area contributed by atoms with Crippen molar-refractivity contribution in [2.45, 2.75) is 19.9 Å². The van der Waals surface area contributed by atoms with Crippen LogP contribution in [0.2, 0.25) is 10.0 Å². The van der Waals surface area contributed by atoms with Crippen LogP contribution in [0.3, 0.4) is 0 Å². The molecule has 2 aromatic carbocycles. The molecule has 0 saturated heterocycles. The van der Waals surface area contributed by atoms with Gasteiger partial charge in [0.25, 0.3) is 0 Å². The van der Waals surface area contributed by atoms with Crippen LogP contribution in [0, 0.1) is 0 Å². The van der Waals surface area contributed by atoms with Crippen molar-refractivity contribution in [3.63, 3.8) is 0 Å². The number of benzene rings is 2. The van der Waals surface area contributed by atoms with Crippen LogP contribution in [0.25, 0.3) is 0 Å². The normalized spacial score (nSPS) is 10.2. The molecule has 0 spiro atoms. The number of nitrogens with one attached hydrogen (secondary N) is 2. The topological polar surface area (TPSA) is 58.2 Å². The van der Waals surface area contributed by atoms with Gasteiger partial charge in [0, 0.05) is 6.54 Å². The second-order valence-electron chi connectivity index (χ2n) is 4.91. The molecule has 0 aliphatic heterocycles. The summed E-state index contributed by atoms with van der Waals surface area (Å²) in [6, 6.07) is 12.6. The summed E-state index contributed by atoms with van der Waals surface area (Å²) in [7, 11) is 0. The molecule has 0 aromatic heterocycles. The highest BCUT2D eigenvalue weighted by Crippen LogP contribution is 2.29. The molecule has 2 N–H and O–H groups in total. The lowest BCUT2D eigenvalue weighted by Gasteiger charge is -2.09. The summed E-state index contributed by atoms with van der Waals surface area (Å²) in [6.45, 7) is 2.35. The molecule has 0 atom stereocenters. The molecule has 0 aliphatic carbocycles. The van der Waals surface area contributed by atoms with E-state index in [1.807, 2.05) is 24.3 Å². The molecule has 0 aliphatic rings. The molecule has 0 fully saturated rings. The van der Waals surface area contributed by atoms with E-state index in [2.05, 4.69) is 17.6 Å². The van der Waals surface area contributed by atoms with Gasteiger partial charge in [-0.1, -0.05) is 60.5 Å². The van der Waals surface area contributed by atoms with Gasteiger partial charge in [-0.15, -0.1) is 0 Å². The summed E-state index contributed by atoms with van der Waals surface area (Å²) in [5, 5.41) is 5.51. The van der Waals surface area contributed by atoms with Crippen LogP contribution in [0.1, 0.15) is 18.1 Å². The Morgan fingerprint density at radius 3 is 2.26 bits per heavy atom. The predicted octanol–water partition coefficient (Wildman–Crippen LogP) is 3.81. The Morgan fingerprint density at radius 2 is 1.61 bits per heavy atom. The summed E-state index contributed by atoms with van der Waals surface area (Å²) < 4.78 is 0. The molecule has 4 nitrogen and oxygen atoms in total. The number of anilines is 1. The zero-order chi connectivity index (χ0) is 16.8. The number of carbonyl (C=O) groups excluding carboxylic acids is 2. The van der Waals surface area contributed by atoms with Crippen molar-refractivity contribution in [2.75, 3.05) is 5.32 Å². The number of aryl methyl sites for hydroxylation is 1. The van der Waals surface area contributed by atoms with Crippen LogP contribution in [-0.4, -0.2) is 11.8 Å². The Kier molecular flexibility index (Phi) is 6.02. The molecule has 2 aromatic rings. The first kappa shape index (κ1) is 17.3. The van der Waals surface area contributed by atoms with Gasteiger partial charge in [0.2, 0.25) is 0 Å². The number of hydrogen-bond acceptors (Lipinski definition) is 2. The Morgan fingerprint density at radius 1 is 0.957 bits per heavy atom. The van der Waals surface area contributed by atoms with E-state index in [4.69, 9.17) is 23.2 Å². The maximum absolute atomic E-state index is 11.9. The molecule has 0 radical (unpaired) electrons. The predicted molar refractivity (Wildman–Crippen MR) is 92.8 cm³/mol. The minimum atomic E-state index is -0.792. The average molecular weight is 351 g/mol. The fraction of sp³-hybridized carbons (Fsp3) is 0.176. The first-order chi connectivity index (χ1) is 11.0. The van der Waals surface area contributed by atoms with Gasteiger partial charge < -0.3 is 10.6 Å². The van der Waals surface area contributed by atoms with Gasteiger partial charge >= 0.3 is 11.8 Å². The quantitative estimate of drug-likeness (QED) is 0.823. The summed E-state index contributed by atoms with van der Waals surface area (Å²) in [4.78, 5) is 23.7. The van der Waals surface area contributed by atoms with E-state index >= 15 is 0 Å². The minimum absolute atomic E-state index is 0.200. The molecule has 0 saturated carbocycles. The van der Waals surface area contributed by atoms with Gasteiger partial charge in [0.15, 0.2) is 0 Å². The highest BCUT2D eigenvalue weighted by atomic mass is 35.5. The Hall–Kier alpha value is -2.04. The van der Waals surface area contributed by atoms with Gasteiger partial charge in [-0.2, -0.15) is 0 Å². The Labute approximate surface area is 144 Å². The monoisotopic (exact) mass is 350 g/mol. The van der Waals surface area contributed by atoms with Crippen LogP contribution < -0.4 is 10.6 Å². The first-order valence-electron chi connectivity index (χ1n) is 7.12. The number of rotatable bonds is 4. The second-order valence-corrected chi connectivity index (χ2v) is 5.69. The lowest BCUT2D eigenvalue weighted by molar-refractivity contribution is -0.136. The van der Waals surface area contributed by atoms with Crippen molar-refractivity contribution < 1.29 is 9.59 Å². The van der Waals surface area contributed by atoms with Crippen LogP contribution in [0.5, 0.6) is 0 Å². The molecule has 0 bridgehead atoms. The smallest absolute Gasteiger partial charge is 0.313 e. The van der Waals surface area contributed by atoms with Crippen molar-refractivity contribution in [3.8, 4) is 0 Å². The van der Waals surface area contributed by atoms with Gasteiger partial charge in [0.1, 0.15) is 0 Å². The van der Waals surface area contributed by atoms with Gasteiger partial charge in [-0.05, 0) is 29.7 Å².